The molecule has 20 heavy (non-hydrogen) atoms. The van der Waals surface area contributed by atoms with Gasteiger partial charge in [-0.2, -0.15) is 0 Å². The molecule has 0 aliphatic carbocycles. The van der Waals surface area contributed by atoms with E-state index >= 15 is 0 Å². The van der Waals surface area contributed by atoms with E-state index in [1.54, 1.807) is 0 Å². The zero-order valence-electron chi connectivity index (χ0n) is 14.0. The smallest absolute Gasteiger partial charge is 0.193 e. The average Bonchev–Trinajstić information content (AvgIpc) is 2.35. The van der Waals surface area contributed by atoms with Crippen molar-refractivity contribution in [3.63, 3.8) is 0 Å². The molecule has 0 radical (unpaired) electrons. The van der Waals surface area contributed by atoms with Crippen LogP contribution in [-0.2, 0) is 4.74 Å². The van der Waals surface area contributed by atoms with Gasteiger partial charge in [0.15, 0.2) is 5.96 Å². The number of guanidine groups is 1. The number of piperidine rings is 1. The monoisotopic (exact) mass is 283 g/mol. The first-order chi connectivity index (χ1) is 9.52. The van der Waals surface area contributed by atoms with E-state index in [9.17, 15) is 0 Å². The summed E-state index contributed by atoms with van der Waals surface area (Å²) in [4.78, 5) is 7.18. The van der Waals surface area contributed by atoms with Crippen LogP contribution in [-0.4, -0.2) is 49.7 Å². The zero-order valence-corrected chi connectivity index (χ0v) is 14.0. The van der Waals surface area contributed by atoms with E-state index in [1.165, 1.54) is 6.42 Å². The highest BCUT2D eigenvalue weighted by Gasteiger charge is 2.23. The van der Waals surface area contributed by atoms with Crippen molar-refractivity contribution in [1.82, 2.24) is 10.2 Å². The number of likely N-dealkylation sites (tertiary alicyclic amines) is 1. The number of nitrogens with one attached hydrogen (secondary N) is 1. The first-order valence-corrected chi connectivity index (χ1v) is 8.17. The molecule has 1 aliphatic rings. The Kier molecular flexibility index (Phi) is 7.97. The van der Waals surface area contributed by atoms with Crippen LogP contribution in [0.25, 0.3) is 0 Å². The molecule has 2 unspecified atom stereocenters. The van der Waals surface area contributed by atoms with Crippen LogP contribution >= 0.6 is 0 Å². The summed E-state index contributed by atoms with van der Waals surface area (Å²) in [5, 5.41) is 3.43. The summed E-state index contributed by atoms with van der Waals surface area (Å²) in [6, 6.07) is 0. The standard InChI is InChI=1S/C16H33N3O/c1-6-17-16(18-8-7-9-20-13(2)3)19-11-14(4)10-15(5)12-19/h13-15H,6-12H2,1-5H3,(H,17,18). The molecule has 2 atom stereocenters. The minimum absolute atomic E-state index is 0.316. The lowest BCUT2D eigenvalue weighted by molar-refractivity contribution is 0.0782. The van der Waals surface area contributed by atoms with Gasteiger partial charge in [0.2, 0.25) is 0 Å². The third-order valence-electron chi connectivity index (χ3n) is 3.52. The van der Waals surface area contributed by atoms with Crippen molar-refractivity contribution < 1.29 is 4.74 Å². The minimum Gasteiger partial charge on any atom is -0.379 e. The molecule has 118 valence electrons. The molecular weight excluding hydrogens is 250 g/mol. The number of ether oxygens (including phenoxy) is 1. The molecule has 1 aliphatic heterocycles. The Balaban J connectivity index is 2.45. The lowest BCUT2D eigenvalue weighted by atomic mass is 9.92. The third-order valence-corrected chi connectivity index (χ3v) is 3.52. The van der Waals surface area contributed by atoms with Gasteiger partial charge in [-0.05, 0) is 45.4 Å². The van der Waals surface area contributed by atoms with Gasteiger partial charge in [0.1, 0.15) is 0 Å². The summed E-state index contributed by atoms with van der Waals surface area (Å²) in [5.74, 6) is 2.59. The zero-order chi connectivity index (χ0) is 15.0. The van der Waals surface area contributed by atoms with Gasteiger partial charge >= 0.3 is 0 Å². The molecule has 0 aromatic rings. The van der Waals surface area contributed by atoms with Gasteiger partial charge in [0, 0.05) is 32.8 Å². The van der Waals surface area contributed by atoms with Crippen molar-refractivity contribution in [2.24, 2.45) is 16.8 Å². The molecule has 4 heteroatoms. The molecule has 0 aromatic heterocycles. The molecule has 0 spiro atoms. The molecule has 0 amide bonds. The maximum atomic E-state index is 5.56. The van der Waals surface area contributed by atoms with Crippen molar-refractivity contribution >= 4 is 5.96 Å². The quantitative estimate of drug-likeness (QED) is 0.463. The summed E-state index contributed by atoms with van der Waals surface area (Å²) in [7, 11) is 0. The van der Waals surface area contributed by atoms with Gasteiger partial charge in [0.25, 0.3) is 0 Å². The fraction of sp³-hybridized carbons (Fsp3) is 0.938. The maximum absolute atomic E-state index is 5.56. The molecule has 1 N–H and O–H groups in total. The van der Waals surface area contributed by atoms with E-state index < -0.39 is 0 Å². The molecule has 1 rings (SSSR count). The predicted molar refractivity (Wildman–Crippen MR) is 86.2 cm³/mol. The molecular formula is C16H33N3O. The SMILES string of the molecule is CCNC(=NCCCOC(C)C)N1CC(C)CC(C)C1. The number of hydrogen-bond donors (Lipinski definition) is 1. The number of hydrogen-bond acceptors (Lipinski definition) is 2. The highest BCUT2D eigenvalue weighted by molar-refractivity contribution is 5.80. The molecule has 1 saturated heterocycles. The number of nitrogens with zero attached hydrogens (tertiary/aromatic N) is 2. The molecule has 4 nitrogen and oxygen atoms in total. The summed E-state index contributed by atoms with van der Waals surface area (Å²) in [5.41, 5.74) is 0. The second-order valence-corrected chi connectivity index (χ2v) is 6.36. The number of rotatable bonds is 6. The summed E-state index contributed by atoms with van der Waals surface area (Å²) in [6.45, 7) is 15.8. The van der Waals surface area contributed by atoms with Crippen LogP contribution in [0, 0.1) is 11.8 Å². The summed E-state index contributed by atoms with van der Waals surface area (Å²) in [6.07, 6.45) is 2.64. The lowest BCUT2D eigenvalue weighted by Crippen LogP contribution is -2.48. The van der Waals surface area contributed by atoms with Crippen LogP contribution in [0.15, 0.2) is 4.99 Å². The number of aliphatic imine (C=N–C) groups is 1. The second kappa shape index (κ2) is 9.22. The van der Waals surface area contributed by atoms with E-state index in [-0.39, 0.29) is 0 Å². The maximum Gasteiger partial charge on any atom is 0.193 e. The minimum atomic E-state index is 0.316. The average molecular weight is 283 g/mol. The summed E-state index contributed by atoms with van der Waals surface area (Å²) < 4.78 is 5.56. The van der Waals surface area contributed by atoms with E-state index in [2.05, 4.69) is 44.8 Å². The third kappa shape index (κ3) is 6.60. The van der Waals surface area contributed by atoms with Crippen LogP contribution in [0.1, 0.15) is 47.5 Å². The Morgan fingerprint density at radius 1 is 1.30 bits per heavy atom. The predicted octanol–water partition coefficient (Wildman–Crippen LogP) is 2.74. The van der Waals surface area contributed by atoms with E-state index in [4.69, 9.17) is 9.73 Å². The highest BCUT2D eigenvalue weighted by Crippen LogP contribution is 2.20. The second-order valence-electron chi connectivity index (χ2n) is 6.36. The summed E-state index contributed by atoms with van der Waals surface area (Å²) >= 11 is 0. The Labute approximate surface area is 125 Å². The van der Waals surface area contributed by atoms with Gasteiger partial charge < -0.3 is 15.0 Å². The van der Waals surface area contributed by atoms with Gasteiger partial charge in [-0.25, -0.2) is 0 Å². The molecule has 1 heterocycles. The van der Waals surface area contributed by atoms with Crippen LogP contribution in [0.3, 0.4) is 0 Å². The fourth-order valence-corrected chi connectivity index (χ4v) is 2.83. The highest BCUT2D eigenvalue weighted by atomic mass is 16.5. The molecule has 1 fully saturated rings. The van der Waals surface area contributed by atoms with Crippen molar-refractivity contribution in [3.8, 4) is 0 Å². The van der Waals surface area contributed by atoms with Crippen molar-refractivity contribution in [1.29, 1.82) is 0 Å². The largest absolute Gasteiger partial charge is 0.379 e. The Morgan fingerprint density at radius 2 is 1.95 bits per heavy atom. The van der Waals surface area contributed by atoms with Crippen LogP contribution in [0.5, 0.6) is 0 Å². The topological polar surface area (TPSA) is 36.9 Å². The van der Waals surface area contributed by atoms with Crippen LogP contribution < -0.4 is 5.32 Å². The Morgan fingerprint density at radius 3 is 2.50 bits per heavy atom. The van der Waals surface area contributed by atoms with Gasteiger partial charge in [-0.3, -0.25) is 4.99 Å². The molecule has 0 bridgehead atoms. The first kappa shape index (κ1) is 17.3. The van der Waals surface area contributed by atoms with Gasteiger partial charge in [-0.1, -0.05) is 13.8 Å². The van der Waals surface area contributed by atoms with Crippen LogP contribution in [0.4, 0.5) is 0 Å². The van der Waals surface area contributed by atoms with Crippen molar-refractivity contribution in [3.05, 3.63) is 0 Å². The van der Waals surface area contributed by atoms with Crippen molar-refractivity contribution in [2.45, 2.75) is 53.6 Å². The van der Waals surface area contributed by atoms with E-state index in [1.807, 2.05) is 0 Å². The van der Waals surface area contributed by atoms with E-state index in [0.717, 1.165) is 57.0 Å². The fourth-order valence-electron chi connectivity index (χ4n) is 2.83. The molecule has 0 aromatic carbocycles. The Bertz CT molecular complexity index is 281. The van der Waals surface area contributed by atoms with E-state index in [0.29, 0.717) is 6.10 Å². The van der Waals surface area contributed by atoms with Gasteiger partial charge in [0.05, 0.1) is 6.10 Å². The molecule has 0 saturated carbocycles. The first-order valence-electron chi connectivity index (χ1n) is 8.17. The van der Waals surface area contributed by atoms with Crippen LogP contribution in [0.2, 0.25) is 0 Å². The van der Waals surface area contributed by atoms with Gasteiger partial charge in [-0.15, -0.1) is 0 Å². The lowest BCUT2D eigenvalue weighted by Gasteiger charge is -2.37. The van der Waals surface area contributed by atoms with Crippen molar-refractivity contribution in [2.75, 3.05) is 32.8 Å². The Hall–Kier alpha value is -0.770. The normalized spacial score (nSPS) is 24.3.